The van der Waals surface area contributed by atoms with Crippen LogP contribution in [0.25, 0.3) is 11.3 Å². The van der Waals surface area contributed by atoms with Crippen molar-refractivity contribution >= 4 is 11.5 Å². The highest BCUT2D eigenvalue weighted by molar-refractivity contribution is 5.67. The van der Waals surface area contributed by atoms with Gasteiger partial charge < -0.3 is 16.0 Å². The molecule has 0 unspecified atom stereocenters. The molecule has 3 heteroatoms. The molecule has 3 nitrogen and oxygen atoms in total. The van der Waals surface area contributed by atoms with Crippen LogP contribution in [-0.2, 0) is 6.54 Å². The van der Waals surface area contributed by atoms with Gasteiger partial charge in [-0.25, -0.2) is 0 Å². The fourth-order valence-corrected chi connectivity index (χ4v) is 1.79. The van der Waals surface area contributed by atoms with Crippen LogP contribution in [0, 0.1) is 0 Å². The summed E-state index contributed by atoms with van der Waals surface area (Å²) in [6.07, 6.45) is 0. The lowest BCUT2D eigenvalue weighted by atomic mass is 10.1. The number of hydrogen-bond donors (Lipinski definition) is 2. The van der Waals surface area contributed by atoms with Crippen molar-refractivity contribution in [3.8, 4) is 11.3 Å². The van der Waals surface area contributed by atoms with E-state index in [4.69, 9.17) is 11.5 Å². The first-order valence-corrected chi connectivity index (χ1v) is 5.03. The Morgan fingerprint density at radius 2 is 1.93 bits per heavy atom. The summed E-state index contributed by atoms with van der Waals surface area (Å²) in [4.78, 5) is 0. The van der Waals surface area contributed by atoms with Gasteiger partial charge in [-0.15, -0.1) is 0 Å². The molecule has 2 aromatic rings. The molecular formula is C12H15N3. The van der Waals surface area contributed by atoms with Gasteiger partial charge in [-0.1, -0.05) is 12.1 Å². The van der Waals surface area contributed by atoms with Gasteiger partial charge in [-0.2, -0.15) is 0 Å². The zero-order chi connectivity index (χ0) is 10.8. The Kier molecular flexibility index (Phi) is 2.37. The van der Waals surface area contributed by atoms with E-state index in [-0.39, 0.29) is 0 Å². The fourth-order valence-electron chi connectivity index (χ4n) is 1.79. The van der Waals surface area contributed by atoms with Gasteiger partial charge in [-0.05, 0) is 31.2 Å². The summed E-state index contributed by atoms with van der Waals surface area (Å²) >= 11 is 0. The van der Waals surface area contributed by atoms with Crippen molar-refractivity contribution in [1.82, 2.24) is 4.57 Å². The second kappa shape index (κ2) is 3.69. The Hall–Kier alpha value is -1.90. The summed E-state index contributed by atoms with van der Waals surface area (Å²) in [5.41, 5.74) is 14.6. The molecule has 78 valence electrons. The van der Waals surface area contributed by atoms with E-state index in [9.17, 15) is 0 Å². The Morgan fingerprint density at radius 3 is 2.60 bits per heavy atom. The first kappa shape index (κ1) is 9.65. The van der Waals surface area contributed by atoms with Crippen molar-refractivity contribution in [2.45, 2.75) is 13.5 Å². The third-order valence-corrected chi connectivity index (χ3v) is 2.51. The summed E-state index contributed by atoms with van der Waals surface area (Å²) < 4.78 is 2.06. The SMILES string of the molecule is CCn1c(N)ccc1-c1cccc(N)c1. The zero-order valence-electron chi connectivity index (χ0n) is 8.77. The number of nitrogen functional groups attached to an aromatic ring is 2. The van der Waals surface area contributed by atoms with Crippen LogP contribution in [0.3, 0.4) is 0 Å². The van der Waals surface area contributed by atoms with Gasteiger partial charge in [0.2, 0.25) is 0 Å². The van der Waals surface area contributed by atoms with Crippen LogP contribution >= 0.6 is 0 Å². The number of nitrogens with zero attached hydrogens (tertiary/aromatic N) is 1. The molecule has 0 aliphatic heterocycles. The summed E-state index contributed by atoms with van der Waals surface area (Å²) in [6, 6.07) is 11.8. The van der Waals surface area contributed by atoms with E-state index in [1.807, 2.05) is 36.4 Å². The van der Waals surface area contributed by atoms with E-state index in [1.54, 1.807) is 0 Å². The zero-order valence-corrected chi connectivity index (χ0v) is 8.77. The van der Waals surface area contributed by atoms with E-state index >= 15 is 0 Å². The van der Waals surface area contributed by atoms with E-state index in [1.165, 1.54) is 0 Å². The summed E-state index contributed by atoms with van der Waals surface area (Å²) in [5.74, 6) is 0.787. The minimum atomic E-state index is 0.773. The predicted molar refractivity (Wildman–Crippen MR) is 64.4 cm³/mol. The van der Waals surface area contributed by atoms with E-state index < -0.39 is 0 Å². The standard InChI is InChI=1S/C12H15N3/c1-2-15-11(6-7-12(15)14)9-4-3-5-10(13)8-9/h3-8H,2,13-14H2,1H3. The predicted octanol–water partition coefficient (Wildman–Crippen LogP) is 2.34. The van der Waals surface area contributed by atoms with Crippen LogP contribution in [0.1, 0.15) is 6.92 Å². The lowest BCUT2D eigenvalue weighted by molar-refractivity contribution is 0.788. The maximum atomic E-state index is 5.86. The number of hydrogen-bond acceptors (Lipinski definition) is 2. The molecule has 15 heavy (non-hydrogen) atoms. The number of aromatic nitrogens is 1. The molecule has 0 spiro atoms. The van der Waals surface area contributed by atoms with Crippen LogP contribution in [0.4, 0.5) is 11.5 Å². The molecule has 1 aromatic carbocycles. The lowest BCUT2D eigenvalue weighted by Crippen LogP contribution is -2.01. The van der Waals surface area contributed by atoms with Crippen LogP contribution in [0.15, 0.2) is 36.4 Å². The number of anilines is 2. The van der Waals surface area contributed by atoms with Crippen molar-refractivity contribution in [1.29, 1.82) is 0 Å². The van der Waals surface area contributed by atoms with Crippen molar-refractivity contribution in [2.24, 2.45) is 0 Å². The third-order valence-electron chi connectivity index (χ3n) is 2.51. The number of rotatable bonds is 2. The summed E-state index contributed by atoms with van der Waals surface area (Å²) in [6.45, 7) is 2.94. The third kappa shape index (κ3) is 1.68. The summed E-state index contributed by atoms with van der Waals surface area (Å²) in [7, 11) is 0. The maximum absolute atomic E-state index is 5.86. The minimum Gasteiger partial charge on any atom is -0.399 e. The van der Waals surface area contributed by atoms with Crippen LogP contribution < -0.4 is 11.5 Å². The second-order valence-electron chi connectivity index (χ2n) is 3.51. The Morgan fingerprint density at radius 1 is 1.13 bits per heavy atom. The maximum Gasteiger partial charge on any atom is 0.103 e. The smallest absolute Gasteiger partial charge is 0.103 e. The van der Waals surface area contributed by atoms with Gasteiger partial charge in [0.25, 0.3) is 0 Å². The summed E-state index contributed by atoms with van der Waals surface area (Å²) in [5, 5.41) is 0. The van der Waals surface area contributed by atoms with Crippen molar-refractivity contribution in [2.75, 3.05) is 11.5 Å². The van der Waals surface area contributed by atoms with Gasteiger partial charge in [0.1, 0.15) is 5.82 Å². The van der Waals surface area contributed by atoms with Gasteiger partial charge in [0, 0.05) is 23.5 Å². The molecule has 0 saturated carbocycles. The minimum absolute atomic E-state index is 0.773. The van der Waals surface area contributed by atoms with Gasteiger partial charge in [0.05, 0.1) is 0 Å². The second-order valence-corrected chi connectivity index (χ2v) is 3.51. The molecule has 2 rings (SSSR count). The highest BCUT2D eigenvalue weighted by atomic mass is 15.0. The van der Waals surface area contributed by atoms with E-state index in [2.05, 4.69) is 11.5 Å². The van der Waals surface area contributed by atoms with Crippen LogP contribution in [0.2, 0.25) is 0 Å². The highest BCUT2D eigenvalue weighted by Gasteiger charge is 2.06. The molecule has 0 atom stereocenters. The first-order valence-electron chi connectivity index (χ1n) is 5.03. The monoisotopic (exact) mass is 201 g/mol. The average Bonchev–Trinajstić information content (AvgIpc) is 2.59. The molecular weight excluding hydrogens is 186 g/mol. The fraction of sp³-hybridized carbons (Fsp3) is 0.167. The van der Waals surface area contributed by atoms with Gasteiger partial charge in [-0.3, -0.25) is 0 Å². The molecule has 0 fully saturated rings. The average molecular weight is 201 g/mol. The molecule has 0 aliphatic carbocycles. The van der Waals surface area contributed by atoms with E-state index in [0.29, 0.717) is 0 Å². The first-order chi connectivity index (χ1) is 7.22. The number of benzene rings is 1. The Bertz CT molecular complexity index is 471. The van der Waals surface area contributed by atoms with Crippen molar-refractivity contribution in [3.05, 3.63) is 36.4 Å². The topological polar surface area (TPSA) is 57.0 Å². The molecule has 1 heterocycles. The van der Waals surface area contributed by atoms with Crippen LogP contribution in [-0.4, -0.2) is 4.57 Å². The molecule has 0 amide bonds. The van der Waals surface area contributed by atoms with Crippen molar-refractivity contribution in [3.63, 3.8) is 0 Å². The lowest BCUT2D eigenvalue weighted by Gasteiger charge is -2.08. The molecule has 0 saturated heterocycles. The molecule has 4 N–H and O–H groups in total. The van der Waals surface area contributed by atoms with Crippen LogP contribution in [0.5, 0.6) is 0 Å². The normalized spacial score (nSPS) is 10.5. The van der Waals surface area contributed by atoms with E-state index in [0.717, 1.165) is 29.3 Å². The van der Waals surface area contributed by atoms with Gasteiger partial charge >= 0.3 is 0 Å². The molecule has 0 aliphatic rings. The quantitative estimate of drug-likeness (QED) is 0.733. The molecule has 1 aromatic heterocycles. The molecule has 0 bridgehead atoms. The number of nitrogens with two attached hydrogens (primary N) is 2. The molecule has 0 radical (unpaired) electrons. The van der Waals surface area contributed by atoms with Crippen molar-refractivity contribution < 1.29 is 0 Å². The largest absolute Gasteiger partial charge is 0.399 e. The van der Waals surface area contributed by atoms with Gasteiger partial charge in [0.15, 0.2) is 0 Å². The highest BCUT2D eigenvalue weighted by Crippen LogP contribution is 2.25. The Labute approximate surface area is 89.3 Å². The Balaban J connectivity index is 2.54.